The number of nitrogens with one attached hydrogen (secondary N) is 1. The molecule has 3 aromatic rings. The molecule has 2 aromatic carbocycles. The molecular weight excluding hydrogens is 400 g/mol. The first-order valence-electron chi connectivity index (χ1n) is 6.76. The van der Waals surface area contributed by atoms with Gasteiger partial charge in [-0.05, 0) is 58.7 Å². The molecule has 1 amide bonds. The molecule has 0 radical (unpaired) electrons. The summed E-state index contributed by atoms with van der Waals surface area (Å²) in [4.78, 5) is 16.4. The molecule has 0 aliphatic carbocycles. The highest BCUT2D eigenvalue weighted by atomic mass is 79.9. The van der Waals surface area contributed by atoms with Crippen LogP contribution >= 0.6 is 39.3 Å². The molecule has 0 unspecified atom stereocenters. The van der Waals surface area contributed by atoms with E-state index in [4.69, 9.17) is 16.0 Å². The van der Waals surface area contributed by atoms with E-state index >= 15 is 0 Å². The van der Waals surface area contributed by atoms with Crippen LogP contribution in [0.25, 0.3) is 11.1 Å². The number of carbonyl (C=O) groups excluding carboxylic acids is 1. The van der Waals surface area contributed by atoms with Crippen molar-refractivity contribution in [1.82, 2.24) is 4.98 Å². The molecule has 1 aromatic heterocycles. The number of anilines is 1. The third-order valence-corrected chi connectivity index (χ3v) is 4.77. The highest BCUT2D eigenvalue weighted by Gasteiger charge is 2.11. The van der Waals surface area contributed by atoms with Crippen molar-refractivity contribution < 1.29 is 9.21 Å². The molecule has 4 nitrogen and oxygen atoms in total. The van der Waals surface area contributed by atoms with Crippen molar-refractivity contribution in [3.63, 3.8) is 0 Å². The molecule has 0 aliphatic heterocycles. The van der Waals surface area contributed by atoms with E-state index in [-0.39, 0.29) is 11.7 Å². The average molecular weight is 412 g/mol. The largest absolute Gasteiger partial charge is 0.431 e. The van der Waals surface area contributed by atoms with Gasteiger partial charge in [-0.15, -0.1) is 0 Å². The number of carbonyl (C=O) groups is 1. The van der Waals surface area contributed by atoms with E-state index in [2.05, 4.69) is 26.2 Å². The minimum Gasteiger partial charge on any atom is -0.431 e. The lowest BCUT2D eigenvalue weighted by atomic mass is 10.2. The van der Waals surface area contributed by atoms with Crippen LogP contribution in [0.4, 0.5) is 5.69 Å². The van der Waals surface area contributed by atoms with Crippen LogP contribution in [0.1, 0.15) is 5.56 Å². The molecule has 1 N–H and O–H groups in total. The second-order valence-corrected chi connectivity index (χ2v) is 7.13. The van der Waals surface area contributed by atoms with Gasteiger partial charge in [-0.2, -0.15) is 0 Å². The Balaban J connectivity index is 1.63. The van der Waals surface area contributed by atoms with Crippen LogP contribution in [0.15, 0.2) is 50.5 Å². The van der Waals surface area contributed by atoms with E-state index in [0.717, 1.165) is 15.7 Å². The zero-order valence-corrected chi connectivity index (χ0v) is 15.3. The Hall–Kier alpha value is -1.50. The molecule has 0 atom stereocenters. The Morgan fingerprint density at radius 3 is 2.96 bits per heavy atom. The lowest BCUT2D eigenvalue weighted by Crippen LogP contribution is -2.14. The maximum Gasteiger partial charge on any atom is 0.257 e. The number of nitrogens with zero attached hydrogens (tertiary/aromatic N) is 1. The first-order chi connectivity index (χ1) is 11.0. The number of hydrogen-bond acceptors (Lipinski definition) is 4. The fourth-order valence-corrected chi connectivity index (χ4v) is 3.37. The van der Waals surface area contributed by atoms with Crippen molar-refractivity contribution in [2.45, 2.75) is 12.1 Å². The monoisotopic (exact) mass is 410 g/mol. The van der Waals surface area contributed by atoms with Crippen LogP contribution < -0.4 is 5.32 Å². The number of rotatable bonds is 4. The molecule has 7 heteroatoms. The molecule has 0 spiro atoms. The first kappa shape index (κ1) is 16.4. The van der Waals surface area contributed by atoms with Crippen LogP contribution in [0.2, 0.25) is 5.02 Å². The van der Waals surface area contributed by atoms with Gasteiger partial charge in [0.2, 0.25) is 5.91 Å². The second kappa shape index (κ2) is 6.95. The summed E-state index contributed by atoms with van der Waals surface area (Å²) in [7, 11) is 0. The molecular formula is C16H12BrClN2O2S. The number of amides is 1. The van der Waals surface area contributed by atoms with Gasteiger partial charge < -0.3 is 9.73 Å². The lowest BCUT2D eigenvalue weighted by molar-refractivity contribution is -0.113. The van der Waals surface area contributed by atoms with E-state index in [1.807, 2.05) is 25.1 Å². The maximum atomic E-state index is 12.0. The summed E-state index contributed by atoms with van der Waals surface area (Å²) in [5, 5.41) is 3.90. The summed E-state index contributed by atoms with van der Waals surface area (Å²) < 4.78 is 6.42. The fourth-order valence-electron chi connectivity index (χ4n) is 1.98. The Morgan fingerprint density at radius 1 is 1.35 bits per heavy atom. The Bertz CT molecular complexity index is 882. The standard InChI is InChI=1S/C16H12BrClN2O2S/c1-9-2-4-12(11(17)6-9)19-15(21)8-23-16-20-13-7-10(18)3-5-14(13)22-16/h2-7H,8H2,1H3,(H,19,21). The van der Waals surface area contributed by atoms with Crippen LogP contribution in [-0.2, 0) is 4.79 Å². The number of oxazole rings is 1. The van der Waals surface area contributed by atoms with Gasteiger partial charge in [0, 0.05) is 9.50 Å². The second-order valence-electron chi connectivity index (χ2n) is 4.91. The summed E-state index contributed by atoms with van der Waals surface area (Å²) in [5.74, 6) is 0.0841. The van der Waals surface area contributed by atoms with E-state index < -0.39 is 0 Å². The van der Waals surface area contributed by atoms with Crippen molar-refractivity contribution in [2.24, 2.45) is 0 Å². The average Bonchev–Trinajstić information content (AvgIpc) is 2.90. The van der Waals surface area contributed by atoms with Gasteiger partial charge in [0.15, 0.2) is 5.58 Å². The normalized spacial score (nSPS) is 10.9. The van der Waals surface area contributed by atoms with Gasteiger partial charge in [0.25, 0.3) is 5.22 Å². The number of hydrogen-bond donors (Lipinski definition) is 1. The van der Waals surface area contributed by atoms with Crippen LogP contribution in [0.5, 0.6) is 0 Å². The summed E-state index contributed by atoms with van der Waals surface area (Å²) in [6.45, 7) is 1.99. The van der Waals surface area contributed by atoms with Crippen LogP contribution in [-0.4, -0.2) is 16.6 Å². The predicted molar refractivity (Wildman–Crippen MR) is 97.3 cm³/mol. The van der Waals surface area contributed by atoms with E-state index in [9.17, 15) is 4.79 Å². The van der Waals surface area contributed by atoms with Crippen molar-refractivity contribution >= 4 is 62.0 Å². The van der Waals surface area contributed by atoms with Gasteiger partial charge in [-0.3, -0.25) is 4.79 Å². The molecule has 0 bridgehead atoms. The number of aryl methyl sites for hydroxylation is 1. The quantitative estimate of drug-likeness (QED) is 0.593. The highest BCUT2D eigenvalue weighted by Crippen LogP contribution is 2.27. The third kappa shape index (κ3) is 4.07. The Labute approximate surface area is 150 Å². The number of halogens is 2. The molecule has 0 aliphatic rings. The smallest absolute Gasteiger partial charge is 0.257 e. The van der Waals surface area contributed by atoms with Crippen LogP contribution in [0, 0.1) is 6.92 Å². The predicted octanol–water partition coefficient (Wildman–Crippen LogP) is 5.28. The minimum absolute atomic E-state index is 0.125. The number of thioether (sulfide) groups is 1. The maximum absolute atomic E-state index is 12.0. The molecule has 118 valence electrons. The third-order valence-electron chi connectivity index (χ3n) is 3.06. The molecule has 23 heavy (non-hydrogen) atoms. The summed E-state index contributed by atoms with van der Waals surface area (Å²) in [5.41, 5.74) is 3.19. The van der Waals surface area contributed by atoms with Gasteiger partial charge in [0.1, 0.15) is 5.52 Å². The van der Waals surface area contributed by atoms with Gasteiger partial charge in [-0.1, -0.05) is 29.4 Å². The number of aromatic nitrogens is 1. The van der Waals surface area contributed by atoms with Crippen molar-refractivity contribution in [3.05, 3.63) is 51.5 Å². The minimum atomic E-state index is -0.125. The zero-order valence-electron chi connectivity index (χ0n) is 12.1. The Morgan fingerprint density at radius 2 is 2.17 bits per heavy atom. The Kier molecular flexibility index (Phi) is 4.94. The number of fused-ring (bicyclic) bond motifs is 1. The molecule has 0 saturated heterocycles. The van der Waals surface area contributed by atoms with E-state index in [1.54, 1.807) is 18.2 Å². The SMILES string of the molecule is Cc1ccc(NC(=O)CSc2nc3cc(Cl)ccc3o2)c(Br)c1. The first-order valence-corrected chi connectivity index (χ1v) is 8.92. The fraction of sp³-hybridized carbons (Fsp3) is 0.125. The topological polar surface area (TPSA) is 55.1 Å². The zero-order chi connectivity index (χ0) is 16.4. The van der Waals surface area contributed by atoms with Gasteiger partial charge >= 0.3 is 0 Å². The van der Waals surface area contributed by atoms with E-state index in [0.29, 0.717) is 21.3 Å². The van der Waals surface area contributed by atoms with Crippen molar-refractivity contribution in [1.29, 1.82) is 0 Å². The van der Waals surface area contributed by atoms with Crippen LogP contribution in [0.3, 0.4) is 0 Å². The highest BCUT2D eigenvalue weighted by molar-refractivity contribution is 9.10. The molecule has 0 fully saturated rings. The summed E-state index contributed by atoms with van der Waals surface area (Å²) in [6.07, 6.45) is 0. The summed E-state index contributed by atoms with van der Waals surface area (Å²) >= 11 is 10.6. The lowest BCUT2D eigenvalue weighted by Gasteiger charge is -2.07. The van der Waals surface area contributed by atoms with Gasteiger partial charge in [0.05, 0.1) is 11.4 Å². The summed E-state index contributed by atoms with van der Waals surface area (Å²) in [6, 6.07) is 11.0. The molecule has 0 saturated carbocycles. The van der Waals surface area contributed by atoms with Crippen molar-refractivity contribution in [2.75, 3.05) is 11.1 Å². The van der Waals surface area contributed by atoms with Gasteiger partial charge in [-0.25, -0.2) is 4.98 Å². The van der Waals surface area contributed by atoms with Crippen molar-refractivity contribution in [3.8, 4) is 0 Å². The number of benzene rings is 2. The van der Waals surface area contributed by atoms with E-state index in [1.165, 1.54) is 11.8 Å². The molecule has 1 heterocycles. The molecule has 3 rings (SSSR count).